The van der Waals surface area contributed by atoms with E-state index in [1.807, 2.05) is 6.92 Å². The largest absolute Gasteiger partial charge is 0.326 e. The molecule has 0 atom stereocenters. The van der Waals surface area contributed by atoms with E-state index in [4.69, 9.17) is 11.6 Å². The highest BCUT2D eigenvalue weighted by Crippen LogP contribution is 2.35. The van der Waals surface area contributed by atoms with Crippen LogP contribution in [0.25, 0.3) is 0 Å². The van der Waals surface area contributed by atoms with Gasteiger partial charge in [-0.3, -0.25) is 4.79 Å². The summed E-state index contributed by atoms with van der Waals surface area (Å²) >= 11 is 5.57. The fourth-order valence-electron chi connectivity index (χ4n) is 1.27. The number of nitrogens with one attached hydrogen (secondary N) is 2. The summed E-state index contributed by atoms with van der Waals surface area (Å²) in [7, 11) is -3.60. The Kier molecular flexibility index (Phi) is 2.60. The number of H-pyrrole nitrogens is 1. The third-order valence-corrected chi connectivity index (χ3v) is 4.42. The van der Waals surface area contributed by atoms with Crippen LogP contribution in [0, 0.1) is 0 Å². The van der Waals surface area contributed by atoms with Crippen molar-refractivity contribution in [2.45, 2.75) is 30.2 Å². The molecule has 16 heavy (non-hydrogen) atoms. The molecule has 0 radical (unpaired) electrons. The van der Waals surface area contributed by atoms with Crippen molar-refractivity contribution in [3.05, 3.63) is 27.6 Å². The van der Waals surface area contributed by atoms with Crippen LogP contribution in [0.5, 0.6) is 0 Å². The van der Waals surface area contributed by atoms with E-state index in [2.05, 4.69) is 9.71 Å². The lowest BCUT2D eigenvalue weighted by atomic mass is 10.4. The highest BCUT2D eigenvalue weighted by molar-refractivity contribution is 7.89. The van der Waals surface area contributed by atoms with Crippen LogP contribution >= 0.6 is 11.6 Å². The van der Waals surface area contributed by atoms with Gasteiger partial charge in [0.25, 0.3) is 5.56 Å². The Balaban J connectivity index is 2.35. The van der Waals surface area contributed by atoms with Gasteiger partial charge < -0.3 is 4.98 Å². The maximum Gasteiger partial charge on any atom is 0.266 e. The predicted molar refractivity (Wildman–Crippen MR) is 60.0 cm³/mol. The van der Waals surface area contributed by atoms with E-state index < -0.39 is 15.6 Å². The SMILES string of the molecule is CC1(NS(=O)(=O)c2c[nH]c(=O)c(Cl)c2)CC1. The molecular weight excluding hydrogens is 252 g/mol. The molecule has 0 saturated heterocycles. The summed E-state index contributed by atoms with van der Waals surface area (Å²) in [4.78, 5) is 13.2. The predicted octanol–water partition coefficient (Wildman–Crippen LogP) is 0.859. The van der Waals surface area contributed by atoms with Gasteiger partial charge in [0.05, 0.1) is 4.90 Å². The fraction of sp³-hybridized carbons (Fsp3) is 0.444. The molecule has 1 aliphatic rings. The molecule has 2 rings (SSSR count). The van der Waals surface area contributed by atoms with Crippen LogP contribution in [-0.2, 0) is 10.0 Å². The lowest BCUT2D eigenvalue weighted by Crippen LogP contribution is -2.34. The van der Waals surface area contributed by atoms with Gasteiger partial charge in [-0.05, 0) is 25.8 Å². The number of aromatic amines is 1. The van der Waals surface area contributed by atoms with Gasteiger partial charge >= 0.3 is 0 Å². The zero-order valence-electron chi connectivity index (χ0n) is 8.58. The van der Waals surface area contributed by atoms with Gasteiger partial charge in [-0.15, -0.1) is 0 Å². The minimum Gasteiger partial charge on any atom is -0.326 e. The second-order valence-electron chi connectivity index (χ2n) is 4.18. The quantitative estimate of drug-likeness (QED) is 0.848. The van der Waals surface area contributed by atoms with Crippen LogP contribution in [0.1, 0.15) is 19.8 Å². The van der Waals surface area contributed by atoms with E-state index in [1.165, 1.54) is 0 Å². The van der Waals surface area contributed by atoms with Crippen LogP contribution < -0.4 is 10.3 Å². The first kappa shape index (κ1) is 11.6. The van der Waals surface area contributed by atoms with Crippen molar-refractivity contribution in [1.29, 1.82) is 0 Å². The third kappa shape index (κ3) is 2.28. The number of aromatic nitrogens is 1. The van der Waals surface area contributed by atoms with Crippen molar-refractivity contribution in [2.24, 2.45) is 0 Å². The summed E-state index contributed by atoms with van der Waals surface area (Å²) < 4.78 is 26.3. The van der Waals surface area contributed by atoms with E-state index in [0.717, 1.165) is 25.1 Å². The molecule has 1 aliphatic carbocycles. The number of pyridine rings is 1. The monoisotopic (exact) mass is 262 g/mol. The number of hydrogen-bond donors (Lipinski definition) is 2. The molecule has 1 aromatic rings. The van der Waals surface area contributed by atoms with E-state index >= 15 is 0 Å². The van der Waals surface area contributed by atoms with Crippen LogP contribution in [0.15, 0.2) is 22.0 Å². The van der Waals surface area contributed by atoms with E-state index in [0.29, 0.717) is 0 Å². The molecule has 0 unspecified atom stereocenters. The summed E-state index contributed by atoms with van der Waals surface area (Å²) in [6.07, 6.45) is 2.79. The number of rotatable bonds is 3. The second kappa shape index (κ2) is 3.58. The second-order valence-corrected chi connectivity index (χ2v) is 6.27. The van der Waals surface area contributed by atoms with Crippen molar-refractivity contribution < 1.29 is 8.42 Å². The summed E-state index contributed by atoms with van der Waals surface area (Å²) in [6, 6.07) is 1.15. The number of hydrogen-bond acceptors (Lipinski definition) is 3. The Morgan fingerprint density at radius 1 is 1.50 bits per heavy atom. The van der Waals surface area contributed by atoms with Crippen molar-refractivity contribution in [1.82, 2.24) is 9.71 Å². The normalized spacial score (nSPS) is 18.4. The minimum absolute atomic E-state index is 0.0229. The highest BCUT2D eigenvalue weighted by Gasteiger charge is 2.41. The first-order valence-corrected chi connectivity index (χ1v) is 6.61. The molecule has 1 heterocycles. The van der Waals surface area contributed by atoms with Crippen molar-refractivity contribution in [3.63, 3.8) is 0 Å². The Labute approximate surface area is 97.9 Å². The van der Waals surface area contributed by atoms with Crippen LogP contribution in [0.2, 0.25) is 5.02 Å². The molecule has 1 aromatic heterocycles. The first-order valence-electron chi connectivity index (χ1n) is 4.75. The lowest BCUT2D eigenvalue weighted by molar-refractivity contribution is 0.557. The van der Waals surface area contributed by atoms with E-state index in [-0.39, 0.29) is 15.5 Å². The average molecular weight is 263 g/mol. The topological polar surface area (TPSA) is 79.0 Å². The maximum atomic E-state index is 11.9. The van der Waals surface area contributed by atoms with Gasteiger partial charge in [-0.25, -0.2) is 13.1 Å². The Morgan fingerprint density at radius 3 is 2.62 bits per heavy atom. The number of sulfonamides is 1. The molecule has 88 valence electrons. The smallest absolute Gasteiger partial charge is 0.266 e. The van der Waals surface area contributed by atoms with Gasteiger partial charge in [0.1, 0.15) is 5.02 Å². The summed E-state index contributed by atoms with van der Waals surface area (Å²) in [5.41, 5.74) is -0.847. The lowest BCUT2D eigenvalue weighted by Gasteiger charge is -2.11. The average Bonchev–Trinajstić information content (AvgIpc) is 2.86. The molecule has 0 bridgehead atoms. The molecule has 0 aliphatic heterocycles. The molecule has 0 amide bonds. The standard InChI is InChI=1S/C9H11ClN2O3S/c1-9(2-3-9)12-16(14,15)6-4-7(10)8(13)11-5-6/h4-5,12H,2-3H2,1H3,(H,11,13). The summed E-state index contributed by atoms with van der Waals surface area (Å²) in [6.45, 7) is 1.83. The van der Waals surface area contributed by atoms with Crippen LogP contribution in [0.4, 0.5) is 0 Å². The third-order valence-electron chi connectivity index (χ3n) is 2.52. The van der Waals surface area contributed by atoms with E-state index in [1.54, 1.807) is 0 Å². The minimum atomic E-state index is -3.60. The maximum absolute atomic E-state index is 11.9. The first-order chi connectivity index (χ1) is 7.32. The van der Waals surface area contributed by atoms with Crippen molar-refractivity contribution in [3.8, 4) is 0 Å². The zero-order chi connectivity index (χ0) is 12.0. The Hall–Kier alpha value is -0.850. The van der Waals surface area contributed by atoms with Crippen molar-refractivity contribution in [2.75, 3.05) is 0 Å². The van der Waals surface area contributed by atoms with Gasteiger partial charge in [0.15, 0.2) is 0 Å². The van der Waals surface area contributed by atoms with Crippen LogP contribution in [0.3, 0.4) is 0 Å². The van der Waals surface area contributed by atoms with Gasteiger partial charge in [0, 0.05) is 11.7 Å². The molecule has 2 N–H and O–H groups in total. The molecule has 0 spiro atoms. The van der Waals surface area contributed by atoms with Gasteiger partial charge in [-0.1, -0.05) is 11.6 Å². The number of halogens is 1. The zero-order valence-corrected chi connectivity index (χ0v) is 10.2. The molecule has 0 aromatic carbocycles. The Morgan fingerprint density at radius 2 is 2.12 bits per heavy atom. The molecule has 5 nitrogen and oxygen atoms in total. The Bertz CT molecular complexity index is 575. The van der Waals surface area contributed by atoms with Gasteiger partial charge in [0.2, 0.25) is 10.0 Å². The van der Waals surface area contributed by atoms with Gasteiger partial charge in [-0.2, -0.15) is 0 Å². The van der Waals surface area contributed by atoms with Crippen LogP contribution in [-0.4, -0.2) is 18.9 Å². The van der Waals surface area contributed by atoms with E-state index in [9.17, 15) is 13.2 Å². The fourth-order valence-corrected chi connectivity index (χ4v) is 2.96. The van der Waals surface area contributed by atoms with Crippen molar-refractivity contribution >= 4 is 21.6 Å². The molecule has 7 heteroatoms. The summed E-state index contributed by atoms with van der Waals surface area (Å²) in [5, 5.41) is -0.135. The highest BCUT2D eigenvalue weighted by atomic mass is 35.5. The molecule has 1 saturated carbocycles. The summed E-state index contributed by atoms with van der Waals surface area (Å²) in [5.74, 6) is 0. The molecular formula is C9H11ClN2O3S. The molecule has 1 fully saturated rings.